The Balaban J connectivity index is 1.29. The lowest BCUT2D eigenvalue weighted by atomic mass is 9.97. The van der Waals surface area contributed by atoms with E-state index in [-0.39, 0.29) is 25.1 Å². The van der Waals surface area contributed by atoms with E-state index in [9.17, 15) is 18.3 Å². The Bertz CT molecular complexity index is 1760. The molecule has 1 unspecified atom stereocenters. The molecular weight excluding hydrogens is 604 g/mol. The van der Waals surface area contributed by atoms with Gasteiger partial charge in [-0.3, -0.25) is 9.48 Å². The predicted molar refractivity (Wildman–Crippen MR) is 166 cm³/mol. The Hall–Kier alpha value is -3.55. The number of hydrogen-bond donors (Lipinski definition) is 2. The number of sulfonamides is 1. The Labute approximate surface area is 261 Å². The van der Waals surface area contributed by atoms with Crippen molar-refractivity contribution < 1.29 is 22.7 Å². The van der Waals surface area contributed by atoms with Crippen molar-refractivity contribution >= 4 is 27.5 Å². The van der Waals surface area contributed by atoms with Crippen molar-refractivity contribution in [1.82, 2.24) is 29.3 Å². The molecule has 11 nitrogen and oxygen atoms in total. The van der Waals surface area contributed by atoms with Gasteiger partial charge in [0, 0.05) is 78.7 Å². The van der Waals surface area contributed by atoms with E-state index in [4.69, 9.17) is 21.1 Å². The molecule has 13 heteroatoms. The third-order valence-corrected chi connectivity index (χ3v) is 9.80. The number of aliphatic hydroxyl groups excluding tert-OH is 1. The molecule has 4 aromatic rings. The second-order valence-corrected chi connectivity index (χ2v) is 13.7. The summed E-state index contributed by atoms with van der Waals surface area (Å²) in [5.74, 6) is 0.145. The van der Waals surface area contributed by atoms with Crippen LogP contribution in [0.15, 0.2) is 59.3 Å². The fourth-order valence-electron chi connectivity index (χ4n) is 5.95. The maximum absolute atomic E-state index is 12.9. The van der Waals surface area contributed by atoms with Gasteiger partial charge in [0.05, 0.1) is 30.8 Å². The summed E-state index contributed by atoms with van der Waals surface area (Å²) in [7, 11) is -3.38. The second-order valence-electron chi connectivity index (χ2n) is 11.3. The normalized spacial score (nSPS) is 17.6. The molecule has 1 amide bonds. The van der Waals surface area contributed by atoms with Gasteiger partial charge in [-0.05, 0) is 42.7 Å². The number of aryl methyl sites for hydroxylation is 1. The number of halogens is 1. The summed E-state index contributed by atoms with van der Waals surface area (Å²) in [6, 6.07) is 12.9. The first kappa shape index (κ1) is 30.5. The van der Waals surface area contributed by atoms with Crippen molar-refractivity contribution in [2.75, 3.05) is 32.4 Å². The summed E-state index contributed by atoms with van der Waals surface area (Å²) >= 11 is 6.69. The van der Waals surface area contributed by atoms with Gasteiger partial charge in [-0.1, -0.05) is 29.8 Å². The minimum absolute atomic E-state index is 0.171. The highest BCUT2D eigenvalue weighted by molar-refractivity contribution is 7.88. The highest BCUT2D eigenvalue weighted by Gasteiger charge is 2.30. The molecule has 0 spiro atoms. The van der Waals surface area contributed by atoms with Gasteiger partial charge in [-0.2, -0.15) is 9.40 Å². The molecule has 1 fully saturated rings. The number of amides is 1. The zero-order chi connectivity index (χ0) is 30.8. The van der Waals surface area contributed by atoms with E-state index in [1.807, 2.05) is 28.9 Å². The number of oxazole rings is 1. The Morgan fingerprint density at radius 2 is 2.02 bits per heavy atom. The van der Waals surface area contributed by atoms with Crippen molar-refractivity contribution in [2.24, 2.45) is 0 Å². The molecule has 2 aromatic heterocycles. The summed E-state index contributed by atoms with van der Waals surface area (Å²) in [5.41, 5.74) is 5.44. The summed E-state index contributed by atoms with van der Waals surface area (Å²) in [4.78, 5) is 19.2. The summed E-state index contributed by atoms with van der Waals surface area (Å²) in [6.07, 6.45) is 6.20. The first-order valence-electron chi connectivity index (χ1n) is 14.7. The third-order valence-electron chi connectivity index (χ3n) is 8.22. The van der Waals surface area contributed by atoms with Gasteiger partial charge < -0.3 is 19.7 Å². The van der Waals surface area contributed by atoms with Crippen LogP contribution in [0.4, 0.5) is 0 Å². The number of benzene rings is 2. The second kappa shape index (κ2) is 12.8. The van der Waals surface area contributed by atoms with Gasteiger partial charge in [0.25, 0.3) is 5.91 Å². The van der Waals surface area contributed by atoms with Crippen LogP contribution in [0.25, 0.3) is 22.4 Å². The van der Waals surface area contributed by atoms with Crippen LogP contribution in [0.5, 0.6) is 0 Å². The number of nitrogens with zero attached hydrogens (tertiary/aromatic N) is 5. The van der Waals surface area contributed by atoms with Crippen LogP contribution in [0.2, 0.25) is 5.02 Å². The molecule has 2 N–H and O–H groups in total. The molecule has 44 heavy (non-hydrogen) atoms. The number of likely N-dealkylation sites (tertiary alicyclic amines) is 1. The number of β-amino-alcohol motifs (C(OH)–C–C–N with tert-alkyl or cyclic N) is 1. The first-order chi connectivity index (χ1) is 21.2. The van der Waals surface area contributed by atoms with E-state index in [0.717, 1.165) is 59.6 Å². The van der Waals surface area contributed by atoms with Gasteiger partial charge in [0.2, 0.25) is 15.9 Å². The number of nitrogens with one attached hydrogen (secondary N) is 1. The minimum Gasteiger partial charge on any atom is -0.447 e. The average molecular weight is 639 g/mol. The van der Waals surface area contributed by atoms with Crippen molar-refractivity contribution in [3.8, 4) is 22.4 Å². The van der Waals surface area contributed by atoms with E-state index in [1.165, 1.54) is 23.0 Å². The van der Waals surface area contributed by atoms with Crippen molar-refractivity contribution in [3.63, 3.8) is 0 Å². The van der Waals surface area contributed by atoms with E-state index in [1.54, 1.807) is 18.2 Å². The molecule has 0 bridgehead atoms. The van der Waals surface area contributed by atoms with E-state index in [2.05, 4.69) is 15.2 Å². The third kappa shape index (κ3) is 6.74. The first-order valence-corrected chi connectivity index (χ1v) is 16.9. The Morgan fingerprint density at radius 1 is 1.16 bits per heavy atom. The largest absolute Gasteiger partial charge is 0.447 e. The summed E-state index contributed by atoms with van der Waals surface area (Å²) in [6.45, 7) is 3.98. The molecule has 2 aliphatic heterocycles. The van der Waals surface area contributed by atoms with Crippen molar-refractivity contribution in [1.29, 1.82) is 0 Å². The highest BCUT2D eigenvalue weighted by atomic mass is 35.5. The maximum Gasteiger partial charge on any atom is 0.251 e. The van der Waals surface area contributed by atoms with Gasteiger partial charge in [-0.15, -0.1) is 0 Å². The molecule has 0 saturated carbocycles. The van der Waals surface area contributed by atoms with E-state index in [0.29, 0.717) is 42.5 Å². The molecule has 1 atom stereocenters. The Morgan fingerprint density at radius 3 is 2.77 bits per heavy atom. The smallest absolute Gasteiger partial charge is 0.251 e. The van der Waals surface area contributed by atoms with Crippen LogP contribution in [0, 0.1) is 0 Å². The number of fused-ring (bicyclic) bond motifs is 1. The monoisotopic (exact) mass is 638 g/mol. The quantitative estimate of drug-likeness (QED) is 0.269. The molecule has 0 aliphatic carbocycles. The molecule has 2 aliphatic rings. The van der Waals surface area contributed by atoms with E-state index < -0.39 is 10.0 Å². The van der Waals surface area contributed by atoms with E-state index >= 15 is 0 Å². The van der Waals surface area contributed by atoms with Crippen LogP contribution in [0.3, 0.4) is 0 Å². The molecule has 1 saturated heterocycles. The van der Waals surface area contributed by atoms with Crippen molar-refractivity contribution in [3.05, 3.63) is 82.7 Å². The minimum atomic E-state index is -3.38. The van der Waals surface area contributed by atoms with Gasteiger partial charge in [0.1, 0.15) is 6.26 Å². The Kier molecular flexibility index (Phi) is 8.88. The fraction of sp³-hybridized carbons (Fsp3) is 0.387. The average Bonchev–Trinajstić information content (AvgIpc) is 3.76. The molecule has 4 heterocycles. The van der Waals surface area contributed by atoms with Crippen molar-refractivity contribution in [2.45, 2.75) is 45.0 Å². The lowest BCUT2D eigenvalue weighted by molar-refractivity contribution is 0.0947. The SMILES string of the molecule is CS(=O)(=O)N1CCc2c(c(-c3ccc(Cl)c(-c4cccc(C(=O)NCc5ncco5)c4)c3)nn2CCCN2CCC(O)C2)C1. The number of carbonyl (C=O) groups excluding carboxylic acids is 1. The van der Waals surface area contributed by atoms with Gasteiger partial charge >= 0.3 is 0 Å². The molecule has 6 rings (SSSR count). The zero-order valence-electron chi connectivity index (χ0n) is 24.4. The van der Waals surface area contributed by atoms with Gasteiger partial charge in [0.15, 0.2) is 0 Å². The summed E-state index contributed by atoms with van der Waals surface area (Å²) in [5, 5.41) is 18.2. The number of hydrogen-bond acceptors (Lipinski definition) is 8. The topological polar surface area (TPSA) is 134 Å². The zero-order valence-corrected chi connectivity index (χ0v) is 26.0. The van der Waals surface area contributed by atoms with Gasteiger partial charge in [-0.25, -0.2) is 13.4 Å². The molecular formula is C31H35ClN6O5S. The lowest BCUT2D eigenvalue weighted by Gasteiger charge is -2.26. The van der Waals surface area contributed by atoms with Crippen LogP contribution in [-0.2, 0) is 36.1 Å². The van der Waals surface area contributed by atoms with Crippen LogP contribution in [0.1, 0.15) is 40.3 Å². The standard InChI is InChI=1S/C31H35ClN6O5S/c1-44(41,42)37-14-9-28-26(20-37)30(35-38(28)12-3-11-36-13-8-24(39)19-36)22-6-7-27(32)25(17-22)21-4-2-5-23(16-21)31(40)34-18-29-33-10-15-43-29/h2,4-7,10,15-17,24,39H,3,8-9,11-14,18-20H2,1H3,(H,34,40). The maximum atomic E-state index is 12.9. The number of carbonyl (C=O) groups is 1. The number of rotatable bonds is 10. The highest BCUT2D eigenvalue weighted by Crippen LogP contribution is 2.36. The molecule has 232 valence electrons. The molecule has 2 aromatic carbocycles. The lowest BCUT2D eigenvalue weighted by Crippen LogP contribution is -2.35. The number of aliphatic hydroxyl groups is 1. The van der Waals surface area contributed by atoms with Crippen LogP contribution in [-0.4, -0.2) is 81.9 Å². The molecule has 0 radical (unpaired) electrons. The van der Waals surface area contributed by atoms with Crippen LogP contribution >= 0.6 is 11.6 Å². The summed E-state index contributed by atoms with van der Waals surface area (Å²) < 4.78 is 33.7. The predicted octanol–water partition coefficient (Wildman–Crippen LogP) is 3.56. The van der Waals surface area contributed by atoms with Crippen LogP contribution < -0.4 is 5.32 Å². The number of aromatic nitrogens is 3. The fourth-order valence-corrected chi connectivity index (χ4v) is 6.96.